The summed E-state index contributed by atoms with van der Waals surface area (Å²) in [7, 11) is 1.43. The lowest BCUT2D eigenvalue weighted by molar-refractivity contribution is -0.151. The van der Waals surface area contributed by atoms with E-state index >= 15 is 0 Å². The smallest absolute Gasteiger partial charge is 0.332 e. The molecule has 0 aliphatic heterocycles. The molecule has 0 radical (unpaired) electrons. The highest BCUT2D eigenvalue weighted by Gasteiger charge is 2.19. The maximum absolute atomic E-state index is 10.8. The van der Waals surface area contributed by atoms with Crippen LogP contribution in [0.15, 0.2) is 12.2 Å². The molecule has 4 heteroatoms. The van der Waals surface area contributed by atoms with Gasteiger partial charge >= 0.3 is 5.97 Å². The molecule has 0 saturated heterocycles. The van der Waals surface area contributed by atoms with Crippen LogP contribution in [0.25, 0.3) is 0 Å². The minimum Gasteiger partial charge on any atom is -0.456 e. The lowest BCUT2D eigenvalue weighted by atomic mass is 10.3. The molecule has 2 atom stereocenters. The zero-order valence-electron chi connectivity index (χ0n) is 6.90. The highest BCUT2D eigenvalue weighted by molar-refractivity contribution is 5.71. The van der Waals surface area contributed by atoms with Crippen molar-refractivity contribution in [3.63, 3.8) is 0 Å². The van der Waals surface area contributed by atoms with Gasteiger partial charge in [0.1, 0.15) is 12.7 Å². The maximum atomic E-state index is 10.8. The Morgan fingerprint density at radius 3 is 2.92 bits per heavy atom. The van der Waals surface area contributed by atoms with Gasteiger partial charge in [-0.25, -0.2) is 4.79 Å². The van der Waals surface area contributed by atoms with Crippen LogP contribution in [0.4, 0.5) is 0 Å². The number of carbonyl (C=O) groups is 1. The summed E-state index contributed by atoms with van der Waals surface area (Å²) in [6, 6.07) is 0. The van der Waals surface area contributed by atoms with E-state index in [1.165, 1.54) is 7.11 Å². The van der Waals surface area contributed by atoms with Crippen LogP contribution in [0.1, 0.15) is 6.42 Å². The summed E-state index contributed by atoms with van der Waals surface area (Å²) in [5, 5.41) is 9.03. The molecular weight excluding hydrogens is 160 g/mol. The van der Waals surface area contributed by atoms with E-state index in [4.69, 9.17) is 9.84 Å². The second kappa shape index (κ2) is 4.23. The Hall–Kier alpha value is -0.870. The predicted octanol–water partition coefficient (Wildman–Crippen LogP) is -0.135. The predicted molar refractivity (Wildman–Crippen MR) is 41.5 cm³/mol. The van der Waals surface area contributed by atoms with Crippen LogP contribution >= 0.6 is 0 Å². The van der Waals surface area contributed by atoms with Gasteiger partial charge in [-0.15, -0.1) is 0 Å². The highest BCUT2D eigenvalue weighted by Crippen LogP contribution is 2.13. The highest BCUT2D eigenvalue weighted by atomic mass is 16.6. The minimum absolute atomic E-state index is 0.0412. The molecule has 0 amide bonds. The fourth-order valence-corrected chi connectivity index (χ4v) is 1.06. The Labute approximate surface area is 70.8 Å². The quantitative estimate of drug-likeness (QED) is 0.475. The monoisotopic (exact) mass is 172 g/mol. The summed E-state index contributed by atoms with van der Waals surface area (Å²) >= 11 is 0. The summed E-state index contributed by atoms with van der Waals surface area (Å²) < 4.78 is 9.49. The molecule has 0 aromatic carbocycles. The van der Waals surface area contributed by atoms with Gasteiger partial charge in [-0.2, -0.15) is 0 Å². The molecule has 4 nitrogen and oxygen atoms in total. The Balaban J connectivity index is 2.24. The van der Waals surface area contributed by atoms with E-state index in [2.05, 4.69) is 4.74 Å². The van der Waals surface area contributed by atoms with Gasteiger partial charge in [0.25, 0.3) is 0 Å². The van der Waals surface area contributed by atoms with Crippen molar-refractivity contribution in [2.45, 2.75) is 18.6 Å². The molecule has 1 aliphatic carbocycles. The number of aliphatic hydroxyl groups is 1. The van der Waals surface area contributed by atoms with Crippen molar-refractivity contribution >= 4 is 5.97 Å². The number of esters is 1. The first-order valence-electron chi connectivity index (χ1n) is 3.77. The largest absolute Gasteiger partial charge is 0.456 e. The maximum Gasteiger partial charge on any atom is 0.332 e. The average Bonchev–Trinajstić information content (AvgIpc) is 2.36. The Bertz CT molecular complexity index is 187. The molecule has 0 aromatic heterocycles. The third kappa shape index (κ3) is 2.64. The molecule has 1 N–H and O–H groups in total. The summed E-state index contributed by atoms with van der Waals surface area (Å²) in [4.78, 5) is 10.8. The van der Waals surface area contributed by atoms with Crippen LogP contribution in [-0.2, 0) is 14.3 Å². The SMILES string of the molecule is COCC(=O)O[C@H]1C=C[C@@H](O)C1. The van der Waals surface area contributed by atoms with Crippen molar-refractivity contribution in [1.29, 1.82) is 0 Å². The van der Waals surface area contributed by atoms with E-state index in [9.17, 15) is 4.79 Å². The van der Waals surface area contributed by atoms with Gasteiger partial charge < -0.3 is 14.6 Å². The number of ether oxygens (including phenoxy) is 2. The van der Waals surface area contributed by atoms with E-state index in [0.717, 1.165) is 0 Å². The van der Waals surface area contributed by atoms with Gasteiger partial charge in [-0.05, 0) is 6.08 Å². The molecular formula is C8H12O4. The molecule has 0 unspecified atom stereocenters. The van der Waals surface area contributed by atoms with Gasteiger partial charge in [-0.3, -0.25) is 0 Å². The molecule has 0 spiro atoms. The summed E-state index contributed by atoms with van der Waals surface area (Å²) in [6.07, 6.45) is 2.98. The van der Waals surface area contributed by atoms with Crippen molar-refractivity contribution in [1.82, 2.24) is 0 Å². The van der Waals surface area contributed by atoms with Gasteiger partial charge in [-0.1, -0.05) is 6.08 Å². The lowest BCUT2D eigenvalue weighted by Gasteiger charge is -2.09. The van der Waals surface area contributed by atoms with Crippen molar-refractivity contribution < 1.29 is 19.4 Å². The molecule has 0 bridgehead atoms. The lowest BCUT2D eigenvalue weighted by Crippen LogP contribution is -2.19. The third-order valence-corrected chi connectivity index (χ3v) is 1.57. The first kappa shape index (κ1) is 9.22. The minimum atomic E-state index is -0.481. The van der Waals surface area contributed by atoms with Crippen molar-refractivity contribution in [2.24, 2.45) is 0 Å². The first-order valence-corrected chi connectivity index (χ1v) is 3.77. The topological polar surface area (TPSA) is 55.8 Å². The van der Waals surface area contributed by atoms with E-state index < -0.39 is 12.1 Å². The van der Waals surface area contributed by atoms with E-state index in [1.807, 2.05) is 0 Å². The molecule has 1 rings (SSSR count). The van der Waals surface area contributed by atoms with Gasteiger partial charge in [0, 0.05) is 13.5 Å². The van der Waals surface area contributed by atoms with Gasteiger partial charge in [0.05, 0.1) is 6.10 Å². The molecule has 0 fully saturated rings. The zero-order valence-corrected chi connectivity index (χ0v) is 6.90. The van der Waals surface area contributed by atoms with Crippen LogP contribution in [-0.4, -0.2) is 37.0 Å². The molecule has 0 saturated carbocycles. The number of hydrogen-bond donors (Lipinski definition) is 1. The van der Waals surface area contributed by atoms with Crippen LogP contribution in [0.5, 0.6) is 0 Å². The van der Waals surface area contributed by atoms with Gasteiger partial charge in [0.15, 0.2) is 0 Å². The second-order valence-electron chi connectivity index (χ2n) is 2.65. The first-order chi connectivity index (χ1) is 5.72. The van der Waals surface area contributed by atoms with E-state index in [-0.39, 0.29) is 12.7 Å². The van der Waals surface area contributed by atoms with Crippen LogP contribution < -0.4 is 0 Å². The number of methoxy groups -OCH3 is 1. The fraction of sp³-hybridized carbons (Fsp3) is 0.625. The molecule has 68 valence electrons. The number of hydrogen-bond acceptors (Lipinski definition) is 4. The van der Waals surface area contributed by atoms with Crippen molar-refractivity contribution in [3.05, 3.63) is 12.2 Å². The second-order valence-corrected chi connectivity index (χ2v) is 2.65. The molecule has 0 heterocycles. The van der Waals surface area contributed by atoms with Gasteiger partial charge in [0.2, 0.25) is 0 Å². The fourth-order valence-electron chi connectivity index (χ4n) is 1.06. The number of aliphatic hydroxyl groups excluding tert-OH is 1. The summed E-state index contributed by atoms with van der Waals surface area (Å²) in [6.45, 7) is -0.0412. The summed E-state index contributed by atoms with van der Waals surface area (Å²) in [5.41, 5.74) is 0. The van der Waals surface area contributed by atoms with Crippen LogP contribution in [0.3, 0.4) is 0 Å². The van der Waals surface area contributed by atoms with Crippen LogP contribution in [0, 0.1) is 0 Å². The average molecular weight is 172 g/mol. The normalized spacial score (nSPS) is 27.5. The standard InChI is InChI=1S/C8H12O4/c1-11-5-8(10)12-7-3-2-6(9)4-7/h2-3,6-7,9H,4-5H2,1H3/t6-,7+/m1/s1. The van der Waals surface area contributed by atoms with Crippen molar-refractivity contribution in [2.75, 3.05) is 13.7 Å². The van der Waals surface area contributed by atoms with Crippen molar-refractivity contribution in [3.8, 4) is 0 Å². The van der Waals surface area contributed by atoms with Crippen LogP contribution in [0.2, 0.25) is 0 Å². The summed E-state index contributed by atoms with van der Waals surface area (Å²) in [5.74, 6) is -0.402. The van der Waals surface area contributed by atoms with E-state index in [0.29, 0.717) is 6.42 Å². The molecule has 0 aromatic rings. The number of rotatable bonds is 3. The Morgan fingerprint density at radius 2 is 2.42 bits per heavy atom. The Kier molecular flexibility index (Phi) is 3.25. The Morgan fingerprint density at radius 1 is 1.67 bits per heavy atom. The zero-order chi connectivity index (χ0) is 8.97. The number of carbonyl (C=O) groups excluding carboxylic acids is 1. The molecule has 12 heavy (non-hydrogen) atoms. The van der Waals surface area contributed by atoms with E-state index in [1.54, 1.807) is 12.2 Å². The molecule has 1 aliphatic rings. The third-order valence-electron chi connectivity index (χ3n) is 1.57.